The van der Waals surface area contributed by atoms with Gasteiger partial charge in [-0.15, -0.1) is 34.0 Å². The first-order chi connectivity index (χ1) is 15.8. The van der Waals surface area contributed by atoms with E-state index in [0.29, 0.717) is 0 Å². The zero-order valence-electron chi connectivity index (χ0n) is 18.9. The number of unbranched alkanes of at least 4 members (excludes halogenated alkanes) is 4. The molecule has 6 heteroatoms. The Morgan fingerprint density at radius 1 is 0.844 bits per heavy atom. The second kappa shape index (κ2) is 10.3. The summed E-state index contributed by atoms with van der Waals surface area (Å²) in [4.78, 5) is 1.39. The summed E-state index contributed by atoms with van der Waals surface area (Å²) in [5.74, 6) is 0.827. The summed E-state index contributed by atoms with van der Waals surface area (Å²) >= 11 is 6.93. The second-order valence-corrected chi connectivity index (χ2v) is 12.1. The molecule has 0 aliphatic rings. The van der Waals surface area contributed by atoms with Crippen molar-refractivity contribution in [3.63, 3.8) is 0 Å². The monoisotopic (exact) mass is 498 g/mol. The lowest BCUT2D eigenvalue weighted by Gasteiger charge is -2.16. The van der Waals surface area contributed by atoms with Gasteiger partial charge < -0.3 is 0 Å². The van der Waals surface area contributed by atoms with E-state index in [2.05, 4.69) is 46.5 Å². The molecule has 2 nitrogen and oxygen atoms in total. The standard InChI is InChI=1S/C26H30N2S4/c1-3-5-7-8-10-17(9-6-4-2)13-18-14-21(30-15-18)20-16-31-26-22(20)24-23(27-32-28-24)19-11-12-29-25(19)26/h11-12,14-17H,3-10,13H2,1-2H3. The van der Waals surface area contributed by atoms with Gasteiger partial charge in [-0.3, -0.25) is 0 Å². The first-order valence-electron chi connectivity index (χ1n) is 11.9. The average molecular weight is 499 g/mol. The van der Waals surface area contributed by atoms with Crippen molar-refractivity contribution in [2.24, 2.45) is 5.92 Å². The number of thiophene rings is 3. The van der Waals surface area contributed by atoms with Crippen molar-refractivity contribution < 1.29 is 0 Å². The van der Waals surface area contributed by atoms with Gasteiger partial charge in [0.15, 0.2) is 0 Å². The molecule has 4 aromatic heterocycles. The molecule has 5 aromatic rings. The van der Waals surface area contributed by atoms with E-state index in [1.54, 1.807) is 0 Å². The Kier molecular flexibility index (Phi) is 7.22. The molecule has 0 aliphatic heterocycles. The Hall–Kier alpha value is -1.34. The highest BCUT2D eigenvalue weighted by atomic mass is 32.1. The number of hydrogen-bond donors (Lipinski definition) is 0. The van der Waals surface area contributed by atoms with Gasteiger partial charge in [0.25, 0.3) is 0 Å². The van der Waals surface area contributed by atoms with Gasteiger partial charge in [-0.2, -0.15) is 8.75 Å². The van der Waals surface area contributed by atoms with Crippen LogP contribution in [-0.2, 0) is 6.42 Å². The van der Waals surface area contributed by atoms with Crippen LogP contribution in [0.4, 0.5) is 0 Å². The van der Waals surface area contributed by atoms with Gasteiger partial charge in [0.05, 0.1) is 21.1 Å². The Bertz CT molecular complexity index is 1280. The molecule has 0 amide bonds. The Balaban J connectivity index is 1.43. The molecule has 1 aromatic carbocycles. The molecule has 1 atom stereocenters. The van der Waals surface area contributed by atoms with Gasteiger partial charge in [0.2, 0.25) is 0 Å². The zero-order valence-corrected chi connectivity index (χ0v) is 22.1. The van der Waals surface area contributed by atoms with Gasteiger partial charge in [-0.05, 0) is 40.8 Å². The fourth-order valence-corrected chi connectivity index (χ4v) is 8.54. The van der Waals surface area contributed by atoms with Crippen LogP contribution in [0.5, 0.6) is 0 Å². The van der Waals surface area contributed by atoms with Gasteiger partial charge in [-0.1, -0.05) is 65.2 Å². The highest BCUT2D eigenvalue weighted by Gasteiger charge is 2.20. The molecule has 1 unspecified atom stereocenters. The first-order valence-corrected chi connectivity index (χ1v) is 15.3. The van der Waals surface area contributed by atoms with Gasteiger partial charge in [-0.25, -0.2) is 0 Å². The van der Waals surface area contributed by atoms with Crippen molar-refractivity contribution in [3.05, 3.63) is 33.8 Å². The van der Waals surface area contributed by atoms with E-state index < -0.39 is 0 Å². The normalized spacial score (nSPS) is 13.1. The zero-order chi connectivity index (χ0) is 21.9. The summed E-state index contributed by atoms with van der Waals surface area (Å²) in [7, 11) is 0. The molecule has 0 aliphatic carbocycles. The van der Waals surface area contributed by atoms with Crippen molar-refractivity contribution in [2.45, 2.75) is 71.6 Å². The summed E-state index contributed by atoms with van der Waals surface area (Å²) in [6.07, 6.45) is 12.1. The highest BCUT2D eigenvalue weighted by Crippen LogP contribution is 2.46. The van der Waals surface area contributed by atoms with Crippen LogP contribution in [0.15, 0.2) is 28.3 Å². The Morgan fingerprint density at radius 3 is 2.56 bits per heavy atom. The van der Waals surface area contributed by atoms with E-state index in [9.17, 15) is 0 Å². The third kappa shape index (κ3) is 4.39. The van der Waals surface area contributed by atoms with Crippen LogP contribution in [0.25, 0.3) is 41.6 Å². The number of hydrogen-bond acceptors (Lipinski definition) is 6. The minimum atomic E-state index is 0.827. The van der Waals surface area contributed by atoms with Crippen molar-refractivity contribution in [1.82, 2.24) is 8.75 Å². The lowest BCUT2D eigenvalue weighted by atomic mass is 9.90. The summed E-state index contributed by atoms with van der Waals surface area (Å²) < 4.78 is 12.1. The Morgan fingerprint density at radius 2 is 1.69 bits per heavy atom. The quantitative estimate of drug-likeness (QED) is 0.169. The predicted octanol–water partition coefficient (Wildman–Crippen LogP) is 10.2. The fraction of sp³-hybridized carbons (Fsp3) is 0.462. The predicted molar refractivity (Wildman–Crippen MR) is 147 cm³/mol. The van der Waals surface area contributed by atoms with Crippen LogP contribution in [0.1, 0.15) is 70.8 Å². The van der Waals surface area contributed by atoms with Crippen LogP contribution in [-0.4, -0.2) is 8.75 Å². The minimum Gasteiger partial charge on any atom is -0.172 e. The van der Waals surface area contributed by atoms with Crippen LogP contribution in [0.2, 0.25) is 0 Å². The molecule has 0 saturated carbocycles. The van der Waals surface area contributed by atoms with Crippen molar-refractivity contribution >= 4 is 76.9 Å². The van der Waals surface area contributed by atoms with E-state index in [-0.39, 0.29) is 0 Å². The number of aromatic nitrogens is 2. The maximum absolute atomic E-state index is 4.72. The largest absolute Gasteiger partial charge is 0.172 e. The molecule has 0 bridgehead atoms. The van der Waals surface area contributed by atoms with Crippen LogP contribution in [0, 0.1) is 5.92 Å². The average Bonchev–Trinajstić information content (AvgIpc) is 3.58. The molecule has 32 heavy (non-hydrogen) atoms. The SMILES string of the molecule is CCCCCCC(CCCC)Cc1csc(-c2csc3c4sccc4c4nsnc4c23)c1. The topological polar surface area (TPSA) is 25.8 Å². The summed E-state index contributed by atoms with van der Waals surface area (Å²) in [5, 5.41) is 9.50. The summed E-state index contributed by atoms with van der Waals surface area (Å²) in [6.45, 7) is 4.62. The maximum atomic E-state index is 4.72. The molecule has 5 rings (SSSR count). The molecule has 0 N–H and O–H groups in total. The Labute approximate surface area is 206 Å². The third-order valence-electron chi connectivity index (χ3n) is 6.52. The molecule has 0 radical (unpaired) electrons. The lowest BCUT2D eigenvalue weighted by molar-refractivity contribution is 0.410. The maximum Gasteiger partial charge on any atom is 0.114 e. The van der Waals surface area contributed by atoms with Crippen molar-refractivity contribution in [3.8, 4) is 10.4 Å². The third-order valence-corrected chi connectivity index (χ3v) is 10.1. The smallest absolute Gasteiger partial charge is 0.114 e. The highest BCUT2D eigenvalue weighted by molar-refractivity contribution is 7.26. The lowest BCUT2D eigenvalue weighted by Crippen LogP contribution is -2.04. The molecule has 0 saturated heterocycles. The van der Waals surface area contributed by atoms with E-state index >= 15 is 0 Å². The minimum absolute atomic E-state index is 0.827. The van der Waals surface area contributed by atoms with E-state index in [0.717, 1.165) is 17.0 Å². The van der Waals surface area contributed by atoms with Crippen molar-refractivity contribution in [1.29, 1.82) is 0 Å². The summed E-state index contributed by atoms with van der Waals surface area (Å²) in [5.41, 5.74) is 5.02. The van der Waals surface area contributed by atoms with E-state index in [1.165, 1.54) is 106 Å². The fourth-order valence-electron chi connectivity index (χ4n) is 4.80. The molecule has 0 spiro atoms. The molecular weight excluding hydrogens is 469 g/mol. The molecule has 168 valence electrons. The van der Waals surface area contributed by atoms with Gasteiger partial charge in [0.1, 0.15) is 11.0 Å². The van der Waals surface area contributed by atoms with Crippen LogP contribution < -0.4 is 0 Å². The number of rotatable bonds is 11. The number of benzene rings is 1. The van der Waals surface area contributed by atoms with Crippen LogP contribution in [0.3, 0.4) is 0 Å². The second-order valence-electron chi connectivity index (χ2n) is 8.86. The van der Waals surface area contributed by atoms with Gasteiger partial charge in [0, 0.05) is 26.6 Å². The summed E-state index contributed by atoms with van der Waals surface area (Å²) in [6, 6.07) is 4.66. The van der Waals surface area contributed by atoms with Crippen LogP contribution >= 0.6 is 45.7 Å². The molecular formula is C26H30N2S4. The van der Waals surface area contributed by atoms with E-state index in [1.807, 2.05) is 34.0 Å². The van der Waals surface area contributed by atoms with Gasteiger partial charge >= 0.3 is 0 Å². The molecule has 0 fully saturated rings. The molecule has 4 heterocycles. The first kappa shape index (κ1) is 22.5. The number of fused-ring (bicyclic) bond motifs is 6. The number of nitrogens with zero attached hydrogens (tertiary/aromatic N) is 2. The van der Waals surface area contributed by atoms with E-state index in [4.69, 9.17) is 4.37 Å². The van der Waals surface area contributed by atoms with Crippen molar-refractivity contribution in [2.75, 3.05) is 0 Å².